The number of hydrogen-bond acceptors (Lipinski definition) is 3. The van der Waals surface area contributed by atoms with E-state index in [1.807, 2.05) is 55.6 Å². The highest BCUT2D eigenvalue weighted by molar-refractivity contribution is 6.29. The zero-order chi connectivity index (χ0) is 16.8. The van der Waals surface area contributed by atoms with E-state index in [1.165, 1.54) is 11.1 Å². The highest BCUT2D eigenvalue weighted by Crippen LogP contribution is 2.21. The molecule has 0 aliphatic heterocycles. The Morgan fingerprint density at radius 3 is 2.54 bits per heavy atom. The van der Waals surface area contributed by atoms with Crippen molar-refractivity contribution in [1.82, 2.24) is 9.97 Å². The zero-order valence-electron chi connectivity index (χ0n) is 13.7. The maximum atomic E-state index is 5.83. The van der Waals surface area contributed by atoms with Crippen molar-refractivity contribution in [3.63, 3.8) is 0 Å². The van der Waals surface area contributed by atoms with Gasteiger partial charge in [-0.3, -0.25) is 0 Å². The van der Waals surface area contributed by atoms with Crippen molar-refractivity contribution in [3.8, 4) is 0 Å². The minimum absolute atomic E-state index is 0.538. The van der Waals surface area contributed by atoms with Crippen LogP contribution in [0.4, 0.5) is 11.5 Å². The first-order chi connectivity index (χ1) is 11.7. The van der Waals surface area contributed by atoms with Crippen LogP contribution in [0.15, 0.2) is 60.8 Å². The van der Waals surface area contributed by atoms with Gasteiger partial charge in [-0.1, -0.05) is 41.9 Å². The Labute approximate surface area is 147 Å². The van der Waals surface area contributed by atoms with Gasteiger partial charge in [0.05, 0.1) is 0 Å². The molecule has 0 atom stereocenters. The number of pyridine rings is 2. The molecule has 0 saturated heterocycles. The Hall–Kier alpha value is -2.39. The summed E-state index contributed by atoms with van der Waals surface area (Å²) >= 11 is 5.83. The normalized spacial score (nSPS) is 10.6. The number of halogens is 1. The number of aryl methyl sites for hydroxylation is 3. The molecule has 0 fully saturated rings. The summed E-state index contributed by atoms with van der Waals surface area (Å²) in [5.41, 5.74) is 4.50. The maximum Gasteiger partial charge on any atom is 0.133 e. The van der Waals surface area contributed by atoms with Gasteiger partial charge in [-0.05, 0) is 61.6 Å². The lowest BCUT2D eigenvalue weighted by molar-refractivity contribution is 0.814. The average Bonchev–Trinajstić information content (AvgIpc) is 2.59. The van der Waals surface area contributed by atoms with Gasteiger partial charge in [0.25, 0.3) is 0 Å². The Bertz CT molecular complexity index is 786. The smallest absolute Gasteiger partial charge is 0.133 e. The Kier molecular flexibility index (Phi) is 5.44. The molecule has 2 heterocycles. The standard InChI is InChI=1S/C20H20ClN3/c1-15-10-12-17(7-5-6-16-11-13-19(21)22-14-16)20(23-15)24-18-8-3-2-4-9-18/h2-4,8-14H,5-7H2,1H3,(H,23,24). The third kappa shape index (κ3) is 4.56. The molecule has 0 aliphatic rings. The first-order valence-electron chi connectivity index (χ1n) is 8.10. The third-order valence-corrected chi connectivity index (χ3v) is 4.08. The fourth-order valence-electron chi connectivity index (χ4n) is 2.59. The van der Waals surface area contributed by atoms with Crippen molar-refractivity contribution in [2.75, 3.05) is 5.32 Å². The van der Waals surface area contributed by atoms with Gasteiger partial charge in [-0.25, -0.2) is 9.97 Å². The van der Waals surface area contributed by atoms with Crippen molar-refractivity contribution in [3.05, 3.63) is 82.8 Å². The first kappa shape index (κ1) is 16.5. The minimum Gasteiger partial charge on any atom is -0.340 e. The van der Waals surface area contributed by atoms with Crippen molar-refractivity contribution >= 4 is 23.1 Å². The number of aromatic nitrogens is 2. The van der Waals surface area contributed by atoms with Crippen LogP contribution < -0.4 is 5.32 Å². The summed E-state index contributed by atoms with van der Waals surface area (Å²) in [6, 6.07) is 18.2. The third-order valence-electron chi connectivity index (χ3n) is 3.85. The van der Waals surface area contributed by atoms with E-state index < -0.39 is 0 Å². The topological polar surface area (TPSA) is 37.8 Å². The predicted octanol–water partition coefficient (Wildman–Crippen LogP) is 5.36. The molecular formula is C20H20ClN3. The van der Waals surface area contributed by atoms with Crippen LogP contribution in [0.1, 0.15) is 23.2 Å². The minimum atomic E-state index is 0.538. The summed E-state index contributed by atoms with van der Waals surface area (Å²) in [6.45, 7) is 2.01. The molecule has 0 radical (unpaired) electrons. The van der Waals surface area contributed by atoms with E-state index in [9.17, 15) is 0 Å². The van der Waals surface area contributed by atoms with Gasteiger partial charge in [-0.15, -0.1) is 0 Å². The molecule has 0 amide bonds. The predicted molar refractivity (Wildman–Crippen MR) is 100.0 cm³/mol. The molecule has 1 N–H and O–H groups in total. The van der Waals surface area contributed by atoms with Gasteiger partial charge in [0, 0.05) is 17.6 Å². The van der Waals surface area contributed by atoms with E-state index in [0.717, 1.165) is 36.5 Å². The fraction of sp³-hybridized carbons (Fsp3) is 0.200. The van der Waals surface area contributed by atoms with Crippen molar-refractivity contribution in [1.29, 1.82) is 0 Å². The SMILES string of the molecule is Cc1ccc(CCCc2ccc(Cl)nc2)c(Nc2ccccc2)n1. The molecule has 3 aromatic rings. The lowest BCUT2D eigenvalue weighted by Crippen LogP contribution is -2.01. The molecule has 4 heteroatoms. The zero-order valence-corrected chi connectivity index (χ0v) is 14.4. The second-order valence-electron chi connectivity index (χ2n) is 5.79. The molecule has 3 rings (SSSR count). The van der Waals surface area contributed by atoms with Crippen LogP contribution in [0, 0.1) is 6.92 Å². The highest BCUT2D eigenvalue weighted by atomic mass is 35.5. The van der Waals surface area contributed by atoms with E-state index in [1.54, 1.807) is 0 Å². The van der Waals surface area contributed by atoms with E-state index in [-0.39, 0.29) is 0 Å². The molecule has 3 nitrogen and oxygen atoms in total. The van der Waals surface area contributed by atoms with Gasteiger partial charge >= 0.3 is 0 Å². The Balaban J connectivity index is 1.67. The summed E-state index contributed by atoms with van der Waals surface area (Å²) in [5, 5.41) is 3.97. The maximum absolute atomic E-state index is 5.83. The number of para-hydroxylation sites is 1. The molecule has 122 valence electrons. The summed E-state index contributed by atoms with van der Waals surface area (Å²) < 4.78 is 0. The van der Waals surface area contributed by atoms with Gasteiger partial charge in [0.2, 0.25) is 0 Å². The summed E-state index contributed by atoms with van der Waals surface area (Å²) in [5.74, 6) is 0.940. The number of rotatable bonds is 6. The van der Waals surface area contributed by atoms with Crippen LogP contribution in [-0.4, -0.2) is 9.97 Å². The molecule has 0 spiro atoms. The molecular weight excluding hydrogens is 318 g/mol. The highest BCUT2D eigenvalue weighted by Gasteiger charge is 2.06. The summed E-state index contributed by atoms with van der Waals surface area (Å²) in [4.78, 5) is 8.80. The van der Waals surface area contributed by atoms with E-state index in [2.05, 4.69) is 27.4 Å². The van der Waals surface area contributed by atoms with Gasteiger partial charge in [0.15, 0.2) is 0 Å². The monoisotopic (exact) mass is 337 g/mol. The molecule has 2 aromatic heterocycles. The number of benzene rings is 1. The molecule has 24 heavy (non-hydrogen) atoms. The number of anilines is 2. The number of nitrogens with zero attached hydrogens (tertiary/aromatic N) is 2. The Morgan fingerprint density at radius 2 is 1.79 bits per heavy atom. The van der Waals surface area contributed by atoms with E-state index in [4.69, 9.17) is 11.6 Å². The van der Waals surface area contributed by atoms with Crippen molar-refractivity contribution < 1.29 is 0 Å². The first-order valence-corrected chi connectivity index (χ1v) is 8.47. The van der Waals surface area contributed by atoms with Crippen LogP contribution in [0.5, 0.6) is 0 Å². The van der Waals surface area contributed by atoms with Gasteiger partial charge in [0.1, 0.15) is 11.0 Å². The molecule has 0 unspecified atom stereocenters. The molecule has 0 saturated carbocycles. The van der Waals surface area contributed by atoms with Crippen molar-refractivity contribution in [2.45, 2.75) is 26.2 Å². The van der Waals surface area contributed by atoms with Crippen LogP contribution in [0.25, 0.3) is 0 Å². The van der Waals surface area contributed by atoms with Gasteiger partial charge < -0.3 is 5.32 Å². The number of hydrogen-bond donors (Lipinski definition) is 1. The van der Waals surface area contributed by atoms with Gasteiger partial charge in [-0.2, -0.15) is 0 Å². The van der Waals surface area contributed by atoms with E-state index >= 15 is 0 Å². The molecule has 0 bridgehead atoms. The number of nitrogens with one attached hydrogen (secondary N) is 1. The van der Waals surface area contributed by atoms with Crippen LogP contribution in [-0.2, 0) is 12.8 Å². The van der Waals surface area contributed by atoms with Crippen LogP contribution in [0.2, 0.25) is 5.15 Å². The second-order valence-corrected chi connectivity index (χ2v) is 6.18. The van der Waals surface area contributed by atoms with E-state index in [0.29, 0.717) is 5.15 Å². The Morgan fingerprint density at radius 1 is 0.958 bits per heavy atom. The largest absolute Gasteiger partial charge is 0.340 e. The fourth-order valence-corrected chi connectivity index (χ4v) is 2.70. The van der Waals surface area contributed by atoms with Crippen LogP contribution in [0.3, 0.4) is 0 Å². The molecule has 0 aliphatic carbocycles. The summed E-state index contributed by atoms with van der Waals surface area (Å²) in [6.07, 6.45) is 4.82. The molecule has 1 aromatic carbocycles. The second kappa shape index (κ2) is 7.93. The quantitative estimate of drug-likeness (QED) is 0.615. The van der Waals surface area contributed by atoms with Crippen LogP contribution >= 0.6 is 11.6 Å². The summed E-state index contributed by atoms with van der Waals surface area (Å²) in [7, 11) is 0. The lowest BCUT2D eigenvalue weighted by atomic mass is 10.1. The average molecular weight is 338 g/mol. The lowest BCUT2D eigenvalue weighted by Gasteiger charge is -2.12. The van der Waals surface area contributed by atoms with Crippen molar-refractivity contribution in [2.24, 2.45) is 0 Å².